The lowest BCUT2D eigenvalue weighted by Crippen LogP contribution is -2.47. The number of ketones is 1. The Kier molecular flexibility index (Phi) is 5.09. The Bertz CT molecular complexity index is 648. The molecule has 2 fully saturated rings. The van der Waals surface area contributed by atoms with Gasteiger partial charge in [-0.25, -0.2) is 0 Å². The third-order valence-electron chi connectivity index (χ3n) is 5.80. The molecule has 134 valence electrons. The van der Waals surface area contributed by atoms with E-state index in [2.05, 4.69) is 6.58 Å². The van der Waals surface area contributed by atoms with E-state index in [1.165, 1.54) is 0 Å². The summed E-state index contributed by atoms with van der Waals surface area (Å²) in [7, 11) is 0. The Hall–Kier alpha value is -1.94. The van der Waals surface area contributed by atoms with Crippen LogP contribution in [0, 0.1) is 11.8 Å². The van der Waals surface area contributed by atoms with Gasteiger partial charge in [-0.2, -0.15) is 0 Å². The van der Waals surface area contributed by atoms with E-state index < -0.39 is 11.5 Å². The molecule has 1 aromatic carbocycles. The van der Waals surface area contributed by atoms with Crippen molar-refractivity contribution in [2.75, 3.05) is 6.54 Å². The van der Waals surface area contributed by atoms with Crippen molar-refractivity contribution in [1.29, 1.82) is 0 Å². The van der Waals surface area contributed by atoms with E-state index in [1.807, 2.05) is 37.3 Å². The summed E-state index contributed by atoms with van der Waals surface area (Å²) in [5.41, 5.74) is -0.311. The topological polar surface area (TPSA) is 57.6 Å². The standard InChI is InChI=1S/C21H27NO3/c1-3-14-22-18(16-10-6-4-7-11-16)15(2)17(20(22)24)19(23)21(25)12-8-5-9-13-21/h3-4,6-7,10-11,15,17-18,25H,1,5,8-9,12-14H2,2H3/t15-,17+,18-/m1/s1. The number of rotatable bonds is 5. The van der Waals surface area contributed by atoms with Crippen LogP contribution in [0.5, 0.6) is 0 Å². The van der Waals surface area contributed by atoms with E-state index in [0.29, 0.717) is 19.4 Å². The van der Waals surface area contributed by atoms with E-state index >= 15 is 0 Å². The van der Waals surface area contributed by atoms with Gasteiger partial charge >= 0.3 is 0 Å². The fourth-order valence-corrected chi connectivity index (χ4v) is 4.51. The van der Waals surface area contributed by atoms with Crippen LogP contribution in [0.3, 0.4) is 0 Å². The fraction of sp³-hybridized carbons (Fsp3) is 0.524. The molecule has 1 aromatic rings. The number of aliphatic hydroxyl groups is 1. The average Bonchev–Trinajstić information content (AvgIpc) is 2.86. The zero-order valence-corrected chi connectivity index (χ0v) is 14.9. The molecule has 1 aliphatic heterocycles. The number of carbonyl (C=O) groups excluding carboxylic acids is 2. The van der Waals surface area contributed by atoms with Gasteiger partial charge in [-0.3, -0.25) is 9.59 Å². The summed E-state index contributed by atoms with van der Waals surface area (Å²) in [4.78, 5) is 27.9. The second-order valence-corrected chi connectivity index (χ2v) is 7.43. The molecule has 3 rings (SSSR count). The molecule has 1 aliphatic carbocycles. The quantitative estimate of drug-likeness (QED) is 0.660. The Morgan fingerprint density at radius 1 is 1.28 bits per heavy atom. The van der Waals surface area contributed by atoms with Crippen LogP contribution in [-0.2, 0) is 9.59 Å². The van der Waals surface area contributed by atoms with Gasteiger partial charge < -0.3 is 10.0 Å². The van der Waals surface area contributed by atoms with Gasteiger partial charge in [0.25, 0.3) is 0 Å². The molecule has 1 saturated carbocycles. The first kappa shape index (κ1) is 17.9. The van der Waals surface area contributed by atoms with Crippen molar-refractivity contribution in [3.63, 3.8) is 0 Å². The molecular weight excluding hydrogens is 314 g/mol. The Morgan fingerprint density at radius 3 is 2.52 bits per heavy atom. The summed E-state index contributed by atoms with van der Waals surface area (Å²) in [6, 6.07) is 9.66. The van der Waals surface area contributed by atoms with Crippen LogP contribution in [0.4, 0.5) is 0 Å². The Balaban J connectivity index is 1.93. The van der Waals surface area contributed by atoms with Gasteiger partial charge in [-0.1, -0.05) is 62.6 Å². The molecule has 1 N–H and O–H groups in total. The van der Waals surface area contributed by atoms with Gasteiger partial charge in [0.2, 0.25) is 5.91 Å². The zero-order chi connectivity index (χ0) is 18.0. The molecule has 2 aliphatic rings. The van der Waals surface area contributed by atoms with Crippen molar-refractivity contribution in [3.8, 4) is 0 Å². The predicted octanol–water partition coefficient (Wildman–Crippen LogP) is 3.27. The van der Waals surface area contributed by atoms with Crippen molar-refractivity contribution < 1.29 is 14.7 Å². The van der Waals surface area contributed by atoms with Crippen LogP contribution in [-0.4, -0.2) is 33.8 Å². The van der Waals surface area contributed by atoms with Gasteiger partial charge in [0.1, 0.15) is 11.5 Å². The lowest BCUT2D eigenvalue weighted by molar-refractivity contribution is -0.150. The number of likely N-dealkylation sites (tertiary alicyclic amines) is 1. The van der Waals surface area contributed by atoms with Gasteiger partial charge in [-0.05, 0) is 24.3 Å². The molecule has 4 nitrogen and oxygen atoms in total. The second kappa shape index (κ2) is 7.12. The third kappa shape index (κ3) is 3.15. The van der Waals surface area contributed by atoms with E-state index in [0.717, 1.165) is 24.8 Å². The molecule has 25 heavy (non-hydrogen) atoms. The second-order valence-electron chi connectivity index (χ2n) is 7.43. The predicted molar refractivity (Wildman–Crippen MR) is 96.8 cm³/mol. The van der Waals surface area contributed by atoms with Crippen LogP contribution in [0.1, 0.15) is 50.6 Å². The highest BCUT2D eigenvalue weighted by atomic mass is 16.3. The summed E-state index contributed by atoms with van der Waals surface area (Å²) in [5, 5.41) is 10.9. The Labute approximate surface area is 149 Å². The highest BCUT2D eigenvalue weighted by Crippen LogP contribution is 2.44. The largest absolute Gasteiger partial charge is 0.382 e. The van der Waals surface area contributed by atoms with Crippen LogP contribution < -0.4 is 0 Å². The average molecular weight is 341 g/mol. The summed E-state index contributed by atoms with van der Waals surface area (Å²) in [6.07, 6.45) is 5.37. The molecule has 0 radical (unpaired) electrons. The highest BCUT2D eigenvalue weighted by molar-refractivity contribution is 6.07. The lowest BCUT2D eigenvalue weighted by atomic mass is 9.74. The van der Waals surface area contributed by atoms with Crippen LogP contribution in [0.2, 0.25) is 0 Å². The van der Waals surface area contributed by atoms with Crippen molar-refractivity contribution in [1.82, 2.24) is 4.90 Å². The molecule has 4 heteroatoms. The number of amides is 1. The minimum atomic E-state index is -1.34. The maximum absolute atomic E-state index is 13.1. The molecule has 1 heterocycles. The highest BCUT2D eigenvalue weighted by Gasteiger charge is 2.54. The van der Waals surface area contributed by atoms with Gasteiger partial charge in [0, 0.05) is 6.54 Å². The molecule has 0 aromatic heterocycles. The maximum Gasteiger partial charge on any atom is 0.234 e. The first-order valence-corrected chi connectivity index (χ1v) is 9.22. The van der Waals surface area contributed by atoms with Gasteiger partial charge in [0.15, 0.2) is 5.78 Å². The van der Waals surface area contributed by atoms with E-state index in [9.17, 15) is 14.7 Å². The fourth-order valence-electron chi connectivity index (χ4n) is 4.51. The number of benzene rings is 1. The number of hydrogen-bond donors (Lipinski definition) is 1. The van der Waals surface area contributed by atoms with Gasteiger partial charge in [0.05, 0.1) is 6.04 Å². The molecule has 0 spiro atoms. The van der Waals surface area contributed by atoms with E-state index in [1.54, 1.807) is 11.0 Å². The summed E-state index contributed by atoms with van der Waals surface area (Å²) < 4.78 is 0. The zero-order valence-electron chi connectivity index (χ0n) is 14.9. The smallest absolute Gasteiger partial charge is 0.234 e. The lowest BCUT2D eigenvalue weighted by Gasteiger charge is -2.33. The minimum absolute atomic E-state index is 0.159. The van der Waals surface area contributed by atoms with Crippen molar-refractivity contribution in [2.45, 2.75) is 50.7 Å². The molecule has 1 saturated heterocycles. The molecule has 1 amide bonds. The first-order chi connectivity index (χ1) is 12.0. The minimum Gasteiger partial charge on any atom is -0.382 e. The number of Topliss-reactive ketones (excluding diaryl/α,β-unsaturated/α-hetero) is 1. The monoisotopic (exact) mass is 341 g/mol. The van der Waals surface area contributed by atoms with E-state index in [-0.39, 0.29) is 23.7 Å². The SMILES string of the molecule is C=CCN1C(=O)[C@H](C(=O)C2(O)CCCCC2)[C@@H](C)[C@@H]1c1ccccc1. The van der Waals surface area contributed by atoms with Crippen LogP contribution in [0.15, 0.2) is 43.0 Å². The molecule has 0 bridgehead atoms. The summed E-state index contributed by atoms with van der Waals surface area (Å²) >= 11 is 0. The summed E-state index contributed by atoms with van der Waals surface area (Å²) in [5.74, 6) is -1.40. The first-order valence-electron chi connectivity index (χ1n) is 9.22. The van der Waals surface area contributed by atoms with E-state index in [4.69, 9.17) is 0 Å². The number of nitrogens with zero attached hydrogens (tertiary/aromatic N) is 1. The van der Waals surface area contributed by atoms with Crippen LogP contribution >= 0.6 is 0 Å². The Morgan fingerprint density at radius 2 is 1.92 bits per heavy atom. The summed E-state index contributed by atoms with van der Waals surface area (Å²) in [6.45, 7) is 6.12. The third-order valence-corrected chi connectivity index (χ3v) is 5.80. The van der Waals surface area contributed by atoms with Crippen molar-refractivity contribution in [2.24, 2.45) is 11.8 Å². The maximum atomic E-state index is 13.1. The van der Waals surface area contributed by atoms with Crippen molar-refractivity contribution in [3.05, 3.63) is 48.6 Å². The van der Waals surface area contributed by atoms with Crippen LogP contribution in [0.25, 0.3) is 0 Å². The molecular formula is C21H27NO3. The molecule has 3 atom stereocenters. The normalized spacial score (nSPS) is 28.8. The number of carbonyl (C=O) groups is 2. The number of hydrogen-bond acceptors (Lipinski definition) is 3. The van der Waals surface area contributed by atoms with Gasteiger partial charge in [-0.15, -0.1) is 6.58 Å². The van der Waals surface area contributed by atoms with Crippen molar-refractivity contribution >= 4 is 11.7 Å². The molecule has 0 unspecified atom stereocenters.